The first-order valence-electron chi connectivity index (χ1n) is 6.14. The SMILES string of the molecule is Cc1c(-c2cccc(Cl)c2)ccc2nc(N)nc(N)c12. The van der Waals surface area contributed by atoms with Crippen LogP contribution in [0.1, 0.15) is 5.56 Å². The molecule has 100 valence electrons. The van der Waals surface area contributed by atoms with Gasteiger partial charge in [0.15, 0.2) is 0 Å². The zero-order valence-corrected chi connectivity index (χ0v) is 11.6. The fourth-order valence-corrected chi connectivity index (χ4v) is 2.60. The first-order chi connectivity index (χ1) is 9.56. The van der Waals surface area contributed by atoms with Gasteiger partial charge in [0.05, 0.1) is 5.52 Å². The summed E-state index contributed by atoms with van der Waals surface area (Å²) in [5.74, 6) is 0.582. The number of nitrogen functional groups attached to an aromatic ring is 2. The summed E-state index contributed by atoms with van der Waals surface area (Å²) in [4.78, 5) is 8.24. The Bertz CT molecular complexity index is 814. The van der Waals surface area contributed by atoms with E-state index in [1.807, 2.05) is 43.3 Å². The topological polar surface area (TPSA) is 77.8 Å². The molecular weight excluding hydrogens is 272 g/mol. The third-order valence-corrected chi connectivity index (χ3v) is 3.54. The van der Waals surface area contributed by atoms with Crippen molar-refractivity contribution in [3.8, 4) is 11.1 Å². The Morgan fingerprint density at radius 3 is 2.60 bits per heavy atom. The molecule has 0 aliphatic heterocycles. The largest absolute Gasteiger partial charge is 0.383 e. The van der Waals surface area contributed by atoms with E-state index in [1.165, 1.54) is 0 Å². The average molecular weight is 285 g/mol. The number of halogens is 1. The van der Waals surface area contributed by atoms with Gasteiger partial charge in [-0.25, -0.2) is 4.98 Å². The summed E-state index contributed by atoms with van der Waals surface area (Å²) in [6.45, 7) is 1.99. The molecule has 0 saturated carbocycles. The van der Waals surface area contributed by atoms with Gasteiger partial charge in [-0.3, -0.25) is 0 Å². The molecule has 0 aliphatic carbocycles. The molecule has 0 radical (unpaired) electrons. The van der Waals surface area contributed by atoms with Crippen LogP contribution in [0, 0.1) is 6.92 Å². The van der Waals surface area contributed by atoms with Gasteiger partial charge in [0.25, 0.3) is 0 Å². The van der Waals surface area contributed by atoms with E-state index in [0.717, 1.165) is 27.6 Å². The molecule has 3 rings (SSSR count). The van der Waals surface area contributed by atoms with Crippen molar-refractivity contribution in [2.24, 2.45) is 0 Å². The molecule has 1 heterocycles. The molecule has 0 saturated heterocycles. The molecule has 0 aliphatic rings. The van der Waals surface area contributed by atoms with Gasteiger partial charge in [0, 0.05) is 10.4 Å². The fraction of sp³-hybridized carbons (Fsp3) is 0.0667. The highest BCUT2D eigenvalue weighted by Gasteiger charge is 2.11. The molecule has 3 aromatic rings. The third kappa shape index (κ3) is 2.04. The van der Waals surface area contributed by atoms with Crippen molar-refractivity contribution < 1.29 is 0 Å². The lowest BCUT2D eigenvalue weighted by molar-refractivity contribution is 1.24. The van der Waals surface area contributed by atoms with Crippen LogP contribution in [0.4, 0.5) is 11.8 Å². The molecule has 0 bridgehead atoms. The van der Waals surface area contributed by atoms with Crippen LogP contribution in [0.2, 0.25) is 5.02 Å². The Balaban J connectivity index is 2.31. The lowest BCUT2D eigenvalue weighted by Crippen LogP contribution is -2.02. The Labute approximate surface area is 121 Å². The van der Waals surface area contributed by atoms with E-state index in [-0.39, 0.29) is 5.95 Å². The molecule has 4 nitrogen and oxygen atoms in total. The molecule has 0 spiro atoms. The first kappa shape index (κ1) is 12.7. The van der Waals surface area contributed by atoms with Crippen LogP contribution in [0.15, 0.2) is 36.4 Å². The van der Waals surface area contributed by atoms with Crippen molar-refractivity contribution in [1.29, 1.82) is 0 Å². The maximum Gasteiger partial charge on any atom is 0.222 e. The van der Waals surface area contributed by atoms with Gasteiger partial charge in [0.2, 0.25) is 5.95 Å². The molecule has 4 N–H and O–H groups in total. The normalized spacial score (nSPS) is 10.9. The van der Waals surface area contributed by atoms with E-state index in [0.29, 0.717) is 10.8 Å². The monoisotopic (exact) mass is 284 g/mol. The van der Waals surface area contributed by atoms with E-state index in [4.69, 9.17) is 23.1 Å². The Hall–Kier alpha value is -2.33. The van der Waals surface area contributed by atoms with Crippen LogP contribution in [-0.4, -0.2) is 9.97 Å². The highest BCUT2D eigenvalue weighted by molar-refractivity contribution is 6.30. The second-order valence-corrected chi connectivity index (χ2v) is 5.05. The summed E-state index contributed by atoms with van der Waals surface area (Å²) in [5, 5.41) is 1.53. The van der Waals surface area contributed by atoms with Crippen molar-refractivity contribution in [3.05, 3.63) is 47.0 Å². The minimum absolute atomic E-state index is 0.185. The number of rotatable bonds is 1. The first-order valence-corrected chi connectivity index (χ1v) is 6.52. The summed E-state index contributed by atoms with van der Waals surface area (Å²) in [5.41, 5.74) is 15.5. The molecule has 5 heteroatoms. The lowest BCUT2D eigenvalue weighted by atomic mass is 9.97. The summed E-state index contributed by atoms with van der Waals surface area (Å²) >= 11 is 6.05. The van der Waals surface area contributed by atoms with E-state index in [9.17, 15) is 0 Å². The molecule has 0 fully saturated rings. The van der Waals surface area contributed by atoms with Gasteiger partial charge in [-0.2, -0.15) is 4.98 Å². The number of nitrogens with two attached hydrogens (primary N) is 2. The highest BCUT2D eigenvalue weighted by Crippen LogP contribution is 2.32. The number of anilines is 2. The second-order valence-electron chi connectivity index (χ2n) is 4.61. The molecule has 0 amide bonds. The molecule has 1 aromatic heterocycles. The smallest absolute Gasteiger partial charge is 0.222 e. The van der Waals surface area contributed by atoms with Crippen LogP contribution in [0.25, 0.3) is 22.0 Å². The van der Waals surface area contributed by atoms with Crippen molar-refractivity contribution in [2.45, 2.75) is 6.92 Å². The predicted octanol–water partition coefficient (Wildman–Crippen LogP) is 3.42. The number of nitrogens with zero attached hydrogens (tertiary/aromatic N) is 2. The molecule has 2 aromatic carbocycles. The van der Waals surface area contributed by atoms with Crippen LogP contribution in [0.3, 0.4) is 0 Å². The fourth-order valence-electron chi connectivity index (χ4n) is 2.41. The van der Waals surface area contributed by atoms with Crippen LogP contribution < -0.4 is 11.5 Å². The summed E-state index contributed by atoms with van der Waals surface area (Å²) in [6.07, 6.45) is 0. The number of hydrogen-bond donors (Lipinski definition) is 2. The quantitative estimate of drug-likeness (QED) is 0.718. The summed E-state index contributed by atoms with van der Waals surface area (Å²) in [7, 11) is 0. The summed E-state index contributed by atoms with van der Waals surface area (Å²) in [6, 6.07) is 11.6. The molecule has 0 atom stereocenters. The van der Waals surface area contributed by atoms with E-state index < -0.39 is 0 Å². The number of aromatic nitrogens is 2. The Morgan fingerprint density at radius 1 is 1.05 bits per heavy atom. The van der Waals surface area contributed by atoms with E-state index >= 15 is 0 Å². The number of fused-ring (bicyclic) bond motifs is 1. The highest BCUT2D eigenvalue weighted by atomic mass is 35.5. The minimum atomic E-state index is 0.185. The maximum absolute atomic E-state index is 6.05. The van der Waals surface area contributed by atoms with Crippen LogP contribution in [-0.2, 0) is 0 Å². The predicted molar refractivity (Wildman–Crippen MR) is 83.5 cm³/mol. The van der Waals surface area contributed by atoms with Crippen molar-refractivity contribution in [1.82, 2.24) is 9.97 Å². The lowest BCUT2D eigenvalue weighted by Gasteiger charge is -2.11. The van der Waals surface area contributed by atoms with Gasteiger partial charge >= 0.3 is 0 Å². The van der Waals surface area contributed by atoms with Crippen molar-refractivity contribution >= 4 is 34.3 Å². The summed E-state index contributed by atoms with van der Waals surface area (Å²) < 4.78 is 0. The van der Waals surface area contributed by atoms with Gasteiger partial charge < -0.3 is 11.5 Å². The average Bonchev–Trinajstić information content (AvgIpc) is 2.38. The van der Waals surface area contributed by atoms with Gasteiger partial charge in [-0.05, 0) is 41.8 Å². The Kier molecular flexibility index (Phi) is 2.95. The second kappa shape index (κ2) is 4.65. The number of benzene rings is 2. The van der Waals surface area contributed by atoms with Gasteiger partial charge in [0.1, 0.15) is 5.82 Å². The Morgan fingerprint density at radius 2 is 1.85 bits per heavy atom. The van der Waals surface area contributed by atoms with E-state index in [1.54, 1.807) is 0 Å². The van der Waals surface area contributed by atoms with Crippen LogP contribution >= 0.6 is 11.6 Å². The molecular formula is C15H13ClN4. The minimum Gasteiger partial charge on any atom is -0.383 e. The molecule has 0 unspecified atom stereocenters. The zero-order chi connectivity index (χ0) is 14.3. The standard InChI is InChI=1S/C15H13ClN4/c1-8-11(9-3-2-4-10(16)7-9)5-6-12-13(8)14(17)20-15(18)19-12/h2-7H,1H3,(H4,17,18,19,20). The maximum atomic E-state index is 6.05. The van der Waals surface area contributed by atoms with Gasteiger partial charge in [-0.15, -0.1) is 0 Å². The van der Waals surface area contributed by atoms with Crippen molar-refractivity contribution in [3.63, 3.8) is 0 Å². The van der Waals surface area contributed by atoms with E-state index in [2.05, 4.69) is 9.97 Å². The van der Waals surface area contributed by atoms with Crippen LogP contribution in [0.5, 0.6) is 0 Å². The zero-order valence-electron chi connectivity index (χ0n) is 10.9. The molecule has 20 heavy (non-hydrogen) atoms. The van der Waals surface area contributed by atoms with Gasteiger partial charge in [-0.1, -0.05) is 29.8 Å². The number of aryl methyl sites for hydroxylation is 1. The number of hydrogen-bond acceptors (Lipinski definition) is 4. The van der Waals surface area contributed by atoms with Crippen molar-refractivity contribution in [2.75, 3.05) is 11.5 Å². The third-order valence-electron chi connectivity index (χ3n) is 3.30.